The maximum atomic E-state index is 12.8. The van der Waals surface area contributed by atoms with Crippen LogP contribution in [0.3, 0.4) is 0 Å². The lowest BCUT2D eigenvalue weighted by molar-refractivity contribution is -0.161. The molecule has 1 amide bonds. The number of carboxylic acids is 1. The summed E-state index contributed by atoms with van der Waals surface area (Å²) in [6, 6.07) is 9.89. The Hall–Kier alpha value is -1.92. The van der Waals surface area contributed by atoms with E-state index in [2.05, 4.69) is 0 Å². The molecule has 2 heterocycles. The van der Waals surface area contributed by atoms with Crippen LogP contribution >= 0.6 is 11.3 Å². The van der Waals surface area contributed by atoms with Gasteiger partial charge in [0.1, 0.15) is 5.41 Å². The summed E-state index contributed by atoms with van der Waals surface area (Å²) in [7, 11) is 0. The maximum absolute atomic E-state index is 12.8. The molecule has 0 radical (unpaired) electrons. The van der Waals surface area contributed by atoms with E-state index in [9.17, 15) is 14.7 Å². The summed E-state index contributed by atoms with van der Waals surface area (Å²) >= 11 is 1.55. The molecule has 1 saturated heterocycles. The van der Waals surface area contributed by atoms with Crippen molar-refractivity contribution < 1.29 is 19.4 Å². The molecule has 2 aromatic rings. The third kappa shape index (κ3) is 3.09. The van der Waals surface area contributed by atoms with E-state index in [0.717, 1.165) is 15.0 Å². The molecule has 1 fully saturated rings. The second kappa shape index (κ2) is 6.29. The Bertz CT molecular complexity index is 702. The van der Waals surface area contributed by atoms with Crippen molar-refractivity contribution in [1.82, 2.24) is 4.90 Å². The molecule has 122 valence electrons. The van der Waals surface area contributed by atoms with Gasteiger partial charge in [-0.15, -0.1) is 11.3 Å². The standard InChI is InChI=1S/C17H19NO4S/c1-17(16(20)21,15(19)18-6-8-22-9-7-18)11-13-10-12-4-2-3-5-14(12)23-13/h2-5,10H,6-9,11H2,1H3,(H,20,21). The van der Waals surface area contributed by atoms with Crippen LogP contribution in [0, 0.1) is 5.41 Å². The lowest BCUT2D eigenvalue weighted by Gasteiger charge is -2.33. The van der Waals surface area contributed by atoms with E-state index in [1.165, 1.54) is 6.92 Å². The van der Waals surface area contributed by atoms with Gasteiger partial charge in [-0.05, 0) is 24.4 Å². The monoisotopic (exact) mass is 333 g/mol. The molecule has 0 aliphatic carbocycles. The van der Waals surface area contributed by atoms with E-state index in [-0.39, 0.29) is 12.3 Å². The van der Waals surface area contributed by atoms with Crippen LogP contribution in [0.4, 0.5) is 0 Å². The van der Waals surface area contributed by atoms with Crippen molar-refractivity contribution in [3.8, 4) is 0 Å². The highest BCUT2D eigenvalue weighted by Gasteiger charge is 2.44. The van der Waals surface area contributed by atoms with Crippen molar-refractivity contribution in [2.75, 3.05) is 26.3 Å². The minimum Gasteiger partial charge on any atom is -0.480 e. The van der Waals surface area contributed by atoms with Gasteiger partial charge in [-0.2, -0.15) is 0 Å². The Morgan fingerprint density at radius 3 is 2.65 bits per heavy atom. The van der Waals surface area contributed by atoms with Gasteiger partial charge in [0.2, 0.25) is 5.91 Å². The maximum Gasteiger partial charge on any atom is 0.319 e. The highest BCUT2D eigenvalue weighted by atomic mass is 32.1. The van der Waals surface area contributed by atoms with E-state index in [0.29, 0.717) is 26.3 Å². The molecule has 1 aliphatic heterocycles. The number of morpholine rings is 1. The molecule has 1 atom stereocenters. The van der Waals surface area contributed by atoms with Crippen LogP contribution in [-0.2, 0) is 20.7 Å². The Morgan fingerprint density at radius 2 is 2.00 bits per heavy atom. The summed E-state index contributed by atoms with van der Waals surface area (Å²) in [5.41, 5.74) is -1.45. The van der Waals surface area contributed by atoms with Gasteiger partial charge in [0.05, 0.1) is 13.2 Å². The highest BCUT2D eigenvalue weighted by Crippen LogP contribution is 2.33. The van der Waals surface area contributed by atoms with E-state index >= 15 is 0 Å². The molecular weight excluding hydrogens is 314 g/mol. The van der Waals surface area contributed by atoms with Gasteiger partial charge in [0, 0.05) is 29.1 Å². The minimum atomic E-state index is -1.45. The van der Waals surface area contributed by atoms with Crippen LogP contribution in [0.5, 0.6) is 0 Å². The molecule has 6 heteroatoms. The van der Waals surface area contributed by atoms with Gasteiger partial charge in [-0.25, -0.2) is 0 Å². The summed E-state index contributed by atoms with van der Waals surface area (Å²) in [5, 5.41) is 10.8. The molecule has 0 spiro atoms. The van der Waals surface area contributed by atoms with E-state index < -0.39 is 11.4 Å². The number of carbonyl (C=O) groups excluding carboxylic acids is 1. The minimum absolute atomic E-state index is 0.206. The molecule has 1 N–H and O–H groups in total. The molecule has 0 saturated carbocycles. The van der Waals surface area contributed by atoms with Crippen LogP contribution < -0.4 is 0 Å². The number of thiophene rings is 1. The first-order valence-electron chi connectivity index (χ1n) is 7.59. The van der Waals surface area contributed by atoms with Crippen LogP contribution in [0.2, 0.25) is 0 Å². The van der Waals surface area contributed by atoms with E-state index in [1.54, 1.807) is 16.2 Å². The molecule has 0 bridgehead atoms. The second-order valence-electron chi connectivity index (χ2n) is 5.97. The van der Waals surface area contributed by atoms with Gasteiger partial charge >= 0.3 is 5.97 Å². The fourth-order valence-corrected chi connectivity index (χ4v) is 4.05. The van der Waals surface area contributed by atoms with Crippen LogP contribution in [-0.4, -0.2) is 48.2 Å². The van der Waals surface area contributed by atoms with Crippen molar-refractivity contribution in [2.24, 2.45) is 5.41 Å². The number of nitrogens with zero attached hydrogens (tertiary/aromatic N) is 1. The molecular formula is C17H19NO4S. The van der Waals surface area contributed by atoms with Crippen LogP contribution in [0.1, 0.15) is 11.8 Å². The van der Waals surface area contributed by atoms with Gasteiger partial charge in [-0.3, -0.25) is 9.59 Å². The number of carboxylic acid groups (broad SMARTS) is 1. The fraction of sp³-hybridized carbons (Fsp3) is 0.412. The number of fused-ring (bicyclic) bond motifs is 1. The zero-order chi connectivity index (χ0) is 16.4. The Kier molecular flexibility index (Phi) is 4.37. The second-order valence-corrected chi connectivity index (χ2v) is 7.14. The number of rotatable bonds is 4. The first-order valence-corrected chi connectivity index (χ1v) is 8.40. The summed E-state index contributed by atoms with van der Waals surface area (Å²) in [4.78, 5) is 27.1. The summed E-state index contributed by atoms with van der Waals surface area (Å²) in [5.74, 6) is -1.41. The third-order valence-electron chi connectivity index (χ3n) is 4.25. The molecule has 1 aliphatic rings. The molecule has 23 heavy (non-hydrogen) atoms. The molecule has 1 aromatic carbocycles. The van der Waals surface area contributed by atoms with Crippen LogP contribution in [0.15, 0.2) is 30.3 Å². The Labute approximate surface area is 138 Å². The lowest BCUT2D eigenvalue weighted by atomic mass is 9.84. The predicted octanol–water partition coefficient (Wildman–Crippen LogP) is 2.39. The molecule has 3 rings (SSSR count). The Morgan fingerprint density at radius 1 is 1.30 bits per heavy atom. The summed E-state index contributed by atoms with van der Waals surface area (Å²) < 4.78 is 6.35. The van der Waals surface area contributed by atoms with Crippen molar-refractivity contribution in [2.45, 2.75) is 13.3 Å². The van der Waals surface area contributed by atoms with Crippen molar-refractivity contribution in [3.63, 3.8) is 0 Å². The molecule has 5 nitrogen and oxygen atoms in total. The average Bonchev–Trinajstić information content (AvgIpc) is 2.96. The largest absolute Gasteiger partial charge is 0.480 e. The molecule has 1 aromatic heterocycles. The topological polar surface area (TPSA) is 66.8 Å². The number of ether oxygens (including phenoxy) is 1. The quantitative estimate of drug-likeness (QED) is 0.873. The van der Waals surface area contributed by atoms with Crippen molar-refractivity contribution in [3.05, 3.63) is 35.2 Å². The first-order chi connectivity index (χ1) is 11.0. The van der Waals surface area contributed by atoms with Gasteiger partial charge in [0.15, 0.2) is 0 Å². The fourth-order valence-electron chi connectivity index (χ4n) is 2.83. The zero-order valence-corrected chi connectivity index (χ0v) is 13.8. The van der Waals surface area contributed by atoms with Gasteiger partial charge < -0.3 is 14.7 Å². The van der Waals surface area contributed by atoms with E-state index in [4.69, 9.17) is 4.74 Å². The Balaban J connectivity index is 1.87. The average molecular weight is 333 g/mol. The number of carbonyl (C=O) groups is 2. The van der Waals surface area contributed by atoms with Gasteiger partial charge in [-0.1, -0.05) is 18.2 Å². The van der Waals surface area contributed by atoms with Gasteiger partial charge in [0.25, 0.3) is 0 Å². The first kappa shape index (κ1) is 16.0. The van der Waals surface area contributed by atoms with Crippen molar-refractivity contribution in [1.29, 1.82) is 0 Å². The summed E-state index contributed by atoms with van der Waals surface area (Å²) in [6.07, 6.45) is 0.206. The number of benzene rings is 1. The molecule has 1 unspecified atom stereocenters. The smallest absolute Gasteiger partial charge is 0.319 e. The number of amides is 1. The predicted molar refractivity (Wildman–Crippen MR) is 88.7 cm³/mol. The van der Waals surface area contributed by atoms with Crippen molar-refractivity contribution >= 4 is 33.3 Å². The third-order valence-corrected chi connectivity index (χ3v) is 5.36. The SMILES string of the molecule is CC(Cc1cc2ccccc2s1)(C(=O)O)C(=O)N1CCOCC1. The van der Waals surface area contributed by atoms with Crippen LogP contribution in [0.25, 0.3) is 10.1 Å². The number of hydrogen-bond donors (Lipinski definition) is 1. The number of hydrogen-bond acceptors (Lipinski definition) is 4. The zero-order valence-electron chi connectivity index (χ0n) is 12.9. The van der Waals surface area contributed by atoms with E-state index in [1.807, 2.05) is 30.3 Å². The number of aliphatic carboxylic acids is 1. The normalized spacial score (nSPS) is 17.9. The highest BCUT2D eigenvalue weighted by molar-refractivity contribution is 7.19. The lowest BCUT2D eigenvalue weighted by Crippen LogP contribution is -2.51. The summed E-state index contributed by atoms with van der Waals surface area (Å²) in [6.45, 7) is 3.36.